The number of aromatic nitrogens is 3. The molecule has 0 bridgehead atoms. The number of hydrogen-bond acceptors (Lipinski definition) is 3. The van der Waals surface area contributed by atoms with E-state index in [9.17, 15) is 4.79 Å². The van der Waals surface area contributed by atoms with Crippen molar-refractivity contribution in [3.05, 3.63) is 129 Å². The number of halogens is 2. The molecule has 0 aliphatic carbocycles. The number of rotatable bonds is 4. The van der Waals surface area contributed by atoms with Crippen LogP contribution >= 0.6 is 23.2 Å². The van der Waals surface area contributed by atoms with Gasteiger partial charge < -0.3 is 9.30 Å². The predicted octanol–water partition coefficient (Wildman–Crippen LogP) is 6.08. The van der Waals surface area contributed by atoms with Gasteiger partial charge in [0.15, 0.2) is 0 Å². The lowest BCUT2D eigenvalue weighted by molar-refractivity contribution is 0.201. The van der Waals surface area contributed by atoms with Crippen molar-refractivity contribution in [2.24, 2.45) is 0 Å². The average molecular weight is 474 g/mol. The third-order valence-electron chi connectivity index (χ3n) is 5.94. The fraction of sp³-hybridized carbons (Fsp3) is 0.0769. The molecule has 7 heteroatoms. The third-order valence-corrected chi connectivity index (χ3v) is 6.43. The minimum atomic E-state index is -0.577. The van der Waals surface area contributed by atoms with E-state index < -0.39 is 6.23 Å². The van der Waals surface area contributed by atoms with Gasteiger partial charge >= 0.3 is 0 Å². The highest BCUT2D eigenvalue weighted by Crippen LogP contribution is 2.41. The summed E-state index contributed by atoms with van der Waals surface area (Å²) in [6.07, 6.45) is 4.90. The highest BCUT2D eigenvalue weighted by atomic mass is 35.5. The van der Waals surface area contributed by atoms with E-state index in [4.69, 9.17) is 27.9 Å². The molecule has 33 heavy (non-hydrogen) atoms. The van der Waals surface area contributed by atoms with Gasteiger partial charge in [-0.25, -0.2) is 4.98 Å². The van der Waals surface area contributed by atoms with Crippen LogP contribution < -0.4 is 10.3 Å². The van der Waals surface area contributed by atoms with E-state index in [2.05, 4.69) is 11.1 Å². The molecule has 2 atom stereocenters. The Bertz CT molecular complexity index is 1540. The molecule has 162 valence electrons. The van der Waals surface area contributed by atoms with Crippen LogP contribution in [0.15, 0.2) is 96.3 Å². The Morgan fingerprint density at radius 3 is 2.52 bits per heavy atom. The molecule has 3 heterocycles. The second kappa shape index (κ2) is 7.80. The number of imidazole rings is 1. The van der Waals surface area contributed by atoms with Gasteiger partial charge in [0.2, 0.25) is 6.23 Å². The Morgan fingerprint density at radius 1 is 0.909 bits per heavy atom. The van der Waals surface area contributed by atoms with Gasteiger partial charge in [0.1, 0.15) is 5.75 Å². The molecule has 3 aromatic carbocycles. The third kappa shape index (κ3) is 3.41. The number of pyridine rings is 1. The largest absolute Gasteiger partial charge is 0.464 e. The first-order valence-corrected chi connectivity index (χ1v) is 11.2. The normalized spacial score (nSPS) is 15.5. The Balaban J connectivity index is 1.54. The van der Waals surface area contributed by atoms with Gasteiger partial charge in [0.25, 0.3) is 5.56 Å². The summed E-state index contributed by atoms with van der Waals surface area (Å²) in [5.41, 5.74) is 3.54. The average Bonchev–Trinajstić information content (AvgIpc) is 3.47. The van der Waals surface area contributed by atoms with E-state index in [1.54, 1.807) is 29.2 Å². The smallest absolute Gasteiger partial charge is 0.254 e. The van der Waals surface area contributed by atoms with Crippen LogP contribution in [-0.2, 0) is 0 Å². The van der Waals surface area contributed by atoms with Crippen molar-refractivity contribution in [1.29, 1.82) is 0 Å². The molecular weight excluding hydrogens is 457 g/mol. The lowest BCUT2D eigenvalue weighted by Crippen LogP contribution is -2.24. The van der Waals surface area contributed by atoms with E-state index in [1.165, 1.54) is 0 Å². The Labute approximate surface area is 199 Å². The minimum Gasteiger partial charge on any atom is -0.464 e. The van der Waals surface area contributed by atoms with Crippen LogP contribution in [0.3, 0.4) is 0 Å². The second-order valence-corrected chi connectivity index (χ2v) is 8.86. The van der Waals surface area contributed by atoms with Gasteiger partial charge in [-0.1, -0.05) is 47.5 Å². The maximum Gasteiger partial charge on any atom is 0.254 e. The predicted molar refractivity (Wildman–Crippen MR) is 129 cm³/mol. The van der Waals surface area contributed by atoms with E-state index in [-0.39, 0.29) is 11.6 Å². The highest BCUT2D eigenvalue weighted by molar-refractivity contribution is 6.30. The molecule has 0 saturated heterocycles. The van der Waals surface area contributed by atoms with E-state index in [0.29, 0.717) is 15.8 Å². The zero-order valence-electron chi connectivity index (χ0n) is 17.2. The van der Waals surface area contributed by atoms with Crippen molar-refractivity contribution in [2.75, 3.05) is 0 Å². The summed E-state index contributed by atoms with van der Waals surface area (Å²) in [6.45, 7) is 0. The number of benzene rings is 3. The summed E-state index contributed by atoms with van der Waals surface area (Å²) in [5.74, 6) is 0.657. The van der Waals surface area contributed by atoms with Crippen molar-refractivity contribution in [3.63, 3.8) is 0 Å². The summed E-state index contributed by atoms with van der Waals surface area (Å²) < 4.78 is 10.1. The molecule has 0 saturated carbocycles. The van der Waals surface area contributed by atoms with Crippen LogP contribution in [0.25, 0.3) is 10.9 Å². The molecule has 0 spiro atoms. The SMILES string of the molecule is O=c1ccc2cc(C(c3ccc(Cl)cc3)n3ccnc3)cc3c2n1C(c1cccc(Cl)c1)O3. The maximum absolute atomic E-state index is 12.9. The standard InChI is InChI=1S/C26H17Cl2N3O2/c27-20-7-4-16(5-8-20)24(30-11-10-29-15-30)19-12-17-6-9-23(32)31-25(17)22(14-19)33-26(31)18-2-1-3-21(28)13-18/h1-15,24,26H. The van der Waals surface area contributed by atoms with Gasteiger partial charge in [-0.3, -0.25) is 9.36 Å². The van der Waals surface area contributed by atoms with Crippen molar-refractivity contribution >= 4 is 34.1 Å². The lowest BCUT2D eigenvalue weighted by Gasteiger charge is -2.20. The monoisotopic (exact) mass is 473 g/mol. The fourth-order valence-electron chi connectivity index (χ4n) is 4.52. The molecule has 1 aliphatic rings. The van der Waals surface area contributed by atoms with Gasteiger partial charge in [-0.15, -0.1) is 0 Å². The van der Waals surface area contributed by atoms with Crippen molar-refractivity contribution < 1.29 is 4.74 Å². The molecule has 0 radical (unpaired) electrons. The fourth-order valence-corrected chi connectivity index (χ4v) is 4.85. The number of ether oxygens (including phenoxy) is 1. The summed E-state index contributed by atoms with van der Waals surface area (Å²) in [6, 6.07) is 22.6. The van der Waals surface area contributed by atoms with E-state index in [0.717, 1.165) is 27.6 Å². The summed E-state index contributed by atoms with van der Waals surface area (Å²) in [7, 11) is 0. The quantitative estimate of drug-likeness (QED) is 0.317. The van der Waals surface area contributed by atoms with E-state index in [1.807, 2.05) is 65.4 Å². The van der Waals surface area contributed by atoms with Crippen LogP contribution in [0.5, 0.6) is 5.75 Å². The Morgan fingerprint density at radius 2 is 1.76 bits per heavy atom. The Hall–Kier alpha value is -3.54. The molecule has 2 unspecified atom stereocenters. The maximum atomic E-state index is 12.9. The molecule has 6 rings (SSSR count). The molecule has 0 amide bonds. The number of nitrogens with zero attached hydrogens (tertiary/aromatic N) is 3. The molecule has 2 aromatic heterocycles. The van der Waals surface area contributed by atoms with Gasteiger partial charge in [-0.2, -0.15) is 0 Å². The zero-order valence-corrected chi connectivity index (χ0v) is 18.7. The van der Waals surface area contributed by atoms with Crippen molar-refractivity contribution in [1.82, 2.24) is 14.1 Å². The van der Waals surface area contributed by atoms with Crippen LogP contribution in [-0.4, -0.2) is 14.1 Å². The summed E-state index contributed by atoms with van der Waals surface area (Å²) in [4.78, 5) is 17.1. The first-order chi connectivity index (χ1) is 16.1. The number of hydrogen-bond donors (Lipinski definition) is 0. The van der Waals surface area contributed by atoms with Crippen LogP contribution in [0.4, 0.5) is 0 Å². The van der Waals surface area contributed by atoms with Gasteiger partial charge in [0.05, 0.1) is 17.9 Å². The molecule has 0 N–H and O–H groups in total. The van der Waals surface area contributed by atoms with E-state index >= 15 is 0 Å². The topological polar surface area (TPSA) is 49.0 Å². The molecule has 1 aliphatic heterocycles. The Kier molecular flexibility index (Phi) is 4.75. The van der Waals surface area contributed by atoms with Gasteiger partial charge in [-0.05, 0) is 53.6 Å². The first kappa shape index (κ1) is 20.1. The summed E-state index contributed by atoms with van der Waals surface area (Å²) in [5, 5.41) is 2.19. The minimum absolute atomic E-state index is 0.122. The second-order valence-electron chi connectivity index (χ2n) is 7.99. The molecule has 5 aromatic rings. The van der Waals surface area contributed by atoms with Crippen LogP contribution in [0.1, 0.15) is 29.0 Å². The molecule has 0 fully saturated rings. The summed E-state index contributed by atoms with van der Waals surface area (Å²) >= 11 is 12.4. The molecule has 5 nitrogen and oxygen atoms in total. The first-order valence-electron chi connectivity index (χ1n) is 10.4. The van der Waals surface area contributed by atoms with Crippen molar-refractivity contribution in [3.8, 4) is 5.75 Å². The lowest BCUT2D eigenvalue weighted by atomic mass is 9.96. The molecular formula is C26H17Cl2N3O2. The van der Waals surface area contributed by atoms with Crippen LogP contribution in [0, 0.1) is 0 Å². The highest BCUT2D eigenvalue weighted by Gasteiger charge is 2.30. The van der Waals surface area contributed by atoms with Crippen molar-refractivity contribution in [2.45, 2.75) is 12.3 Å². The van der Waals surface area contributed by atoms with Gasteiger partial charge in [0, 0.05) is 39.5 Å². The van der Waals surface area contributed by atoms with Crippen LogP contribution in [0.2, 0.25) is 10.0 Å². The zero-order chi connectivity index (χ0) is 22.5.